The Hall–Kier alpha value is -0.0900. The largest absolute Gasteiger partial charge is 0.215 e. The summed E-state index contributed by atoms with van der Waals surface area (Å²) >= 11 is 0. The Bertz CT molecular complexity index is 210. The zero-order valence-electron chi connectivity index (χ0n) is 8.84. The van der Waals surface area contributed by atoms with Crippen LogP contribution in [-0.4, -0.2) is 20.7 Å². The van der Waals surface area contributed by atoms with Crippen LogP contribution in [-0.2, 0) is 10.0 Å². The molecular formula is C9H21NO2S. The first-order valence-corrected chi connectivity index (χ1v) is 6.60. The zero-order valence-corrected chi connectivity index (χ0v) is 9.65. The molecule has 4 heteroatoms. The van der Waals surface area contributed by atoms with Gasteiger partial charge in [-0.15, -0.1) is 0 Å². The number of nitrogens with one attached hydrogen (secondary N) is 1. The van der Waals surface area contributed by atoms with Gasteiger partial charge in [0.1, 0.15) is 0 Å². The smallest absolute Gasteiger partial charge is 0.211 e. The molecule has 0 bridgehead atoms. The fourth-order valence-electron chi connectivity index (χ4n) is 1.08. The molecule has 0 aliphatic rings. The van der Waals surface area contributed by atoms with Crippen LogP contribution in [0.5, 0.6) is 0 Å². The summed E-state index contributed by atoms with van der Waals surface area (Å²) in [4.78, 5) is 0. The minimum Gasteiger partial charge on any atom is -0.215 e. The van der Waals surface area contributed by atoms with E-state index in [0.717, 1.165) is 12.8 Å². The lowest BCUT2D eigenvalue weighted by Crippen LogP contribution is -2.27. The van der Waals surface area contributed by atoms with Crippen LogP contribution in [0.3, 0.4) is 0 Å². The molecule has 80 valence electrons. The van der Waals surface area contributed by atoms with Crippen molar-refractivity contribution in [2.75, 3.05) is 12.3 Å². The minimum absolute atomic E-state index is 0.245. The van der Waals surface area contributed by atoms with Gasteiger partial charge in [-0.25, -0.2) is 13.1 Å². The Labute approximate surface area is 82.0 Å². The van der Waals surface area contributed by atoms with E-state index in [9.17, 15) is 8.42 Å². The minimum atomic E-state index is -2.98. The molecular weight excluding hydrogens is 186 g/mol. The summed E-state index contributed by atoms with van der Waals surface area (Å²) in [6, 6.07) is 0. The summed E-state index contributed by atoms with van der Waals surface area (Å²) in [5.74, 6) is 0.893. The van der Waals surface area contributed by atoms with Crippen molar-refractivity contribution in [3.8, 4) is 0 Å². The molecule has 0 aliphatic heterocycles. The number of rotatable bonds is 7. The molecule has 0 aliphatic carbocycles. The van der Waals surface area contributed by atoms with Crippen LogP contribution in [0, 0.1) is 5.92 Å². The lowest BCUT2D eigenvalue weighted by atomic mass is 10.1. The first kappa shape index (κ1) is 12.9. The van der Waals surface area contributed by atoms with Crippen LogP contribution in [0.15, 0.2) is 0 Å². The molecule has 0 rings (SSSR count). The van der Waals surface area contributed by atoms with Crippen molar-refractivity contribution < 1.29 is 8.42 Å². The maximum absolute atomic E-state index is 11.2. The van der Waals surface area contributed by atoms with Gasteiger partial charge in [0.2, 0.25) is 10.0 Å². The molecule has 0 fully saturated rings. The third kappa shape index (κ3) is 8.25. The van der Waals surface area contributed by atoms with Crippen LogP contribution in [0.2, 0.25) is 0 Å². The molecule has 0 radical (unpaired) electrons. The van der Waals surface area contributed by atoms with Gasteiger partial charge in [-0.1, -0.05) is 20.8 Å². The fraction of sp³-hybridized carbons (Fsp3) is 1.00. The zero-order chi connectivity index (χ0) is 10.3. The molecule has 0 unspecified atom stereocenters. The summed E-state index contributed by atoms with van der Waals surface area (Å²) in [5.41, 5.74) is 0. The van der Waals surface area contributed by atoms with Crippen molar-refractivity contribution in [2.24, 2.45) is 5.92 Å². The average molecular weight is 207 g/mol. The second-order valence-electron chi connectivity index (χ2n) is 3.75. The standard InChI is InChI=1S/C9H21NO2S/c1-4-8-13(11,12)10-7-5-6-9(2)3/h9-10H,4-8H2,1-3H3. The molecule has 0 aromatic carbocycles. The molecule has 1 N–H and O–H groups in total. The van der Waals surface area contributed by atoms with Gasteiger partial charge in [0.05, 0.1) is 5.75 Å². The molecule has 0 heterocycles. The highest BCUT2D eigenvalue weighted by molar-refractivity contribution is 7.89. The van der Waals surface area contributed by atoms with E-state index < -0.39 is 10.0 Å². The number of hydrogen-bond donors (Lipinski definition) is 1. The summed E-state index contributed by atoms with van der Waals surface area (Å²) in [7, 11) is -2.98. The number of hydrogen-bond acceptors (Lipinski definition) is 2. The SMILES string of the molecule is CCCS(=O)(=O)NCCCC(C)C. The van der Waals surface area contributed by atoms with Gasteiger partial charge >= 0.3 is 0 Å². The van der Waals surface area contributed by atoms with E-state index in [-0.39, 0.29) is 5.75 Å². The van der Waals surface area contributed by atoms with Crippen molar-refractivity contribution >= 4 is 10.0 Å². The summed E-state index contributed by atoms with van der Waals surface area (Å²) in [6.45, 7) is 6.73. The summed E-state index contributed by atoms with van der Waals surface area (Å²) in [6.07, 6.45) is 2.69. The van der Waals surface area contributed by atoms with E-state index >= 15 is 0 Å². The molecule has 0 aromatic heterocycles. The highest BCUT2D eigenvalue weighted by Gasteiger charge is 2.06. The second kappa shape index (κ2) is 6.38. The normalized spacial score (nSPS) is 12.3. The van der Waals surface area contributed by atoms with Crippen LogP contribution >= 0.6 is 0 Å². The first-order chi connectivity index (χ1) is 5.98. The Morgan fingerprint density at radius 1 is 1.31 bits per heavy atom. The van der Waals surface area contributed by atoms with E-state index in [1.807, 2.05) is 6.92 Å². The van der Waals surface area contributed by atoms with Crippen molar-refractivity contribution in [1.29, 1.82) is 0 Å². The van der Waals surface area contributed by atoms with E-state index in [1.165, 1.54) is 0 Å². The topological polar surface area (TPSA) is 46.2 Å². The molecule has 3 nitrogen and oxygen atoms in total. The van der Waals surface area contributed by atoms with Crippen molar-refractivity contribution in [3.63, 3.8) is 0 Å². The first-order valence-electron chi connectivity index (χ1n) is 4.95. The maximum atomic E-state index is 11.2. The third-order valence-electron chi connectivity index (χ3n) is 1.75. The van der Waals surface area contributed by atoms with Crippen LogP contribution in [0.4, 0.5) is 0 Å². The van der Waals surface area contributed by atoms with E-state index in [0.29, 0.717) is 18.9 Å². The predicted octanol–water partition coefficient (Wildman–Crippen LogP) is 1.75. The Kier molecular flexibility index (Phi) is 6.33. The highest BCUT2D eigenvalue weighted by atomic mass is 32.2. The molecule has 0 amide bonds. The quantitative estimate of drug-likeness (QED) is 0.646. The van der Waals surface area contributed by atoms with Crippen molar-refractivity contribution in [3.05, 3.63) is 0 Å². The Morgan fingerprint density at radius 2 is 1.92 bits per heavy atom. The van der Waals surface area contributed by atoms with Crippen LogP contribution in [0.1, 0.15) is 40.0 Å². The molecule has 13 heavy (non-hydrogen) atoms. The molecule has 0 saturated heterocycles. The van der Waals surface area contributed by atoms with Gasteiger partial charge in [-0.2, -0.15) is 0 Å². The third-order valence-corrected chi connectivity index (χ3v) is 3.34. The summed E-state index contributed by atoms with van der Waals surface area (Å²) < 4.78 is 24.9. The predicted molar refractivity (Wildman–Crippen MR) is 56.2 cm³/mol. The monoisotopic (exact) mass is 207 g/mol. The van der Waals surface area contributed by atoms with Gasteiger partial charge in [-0.05, 0) is 25.2 Å². The fourth-order valence-corrected chi connectivity index (χ4v) is 2.22. The van der Waals surface area contributed by atoms with Gasteiger partial charge in [-0.3, -0.25) is 0 Å². The van der Waals surface area contributed by atoms with E-state index in [2.05, 4.69) is 18.6 Å². The van der Waals surface area contributed by atoms with Gasteiger partial charge in [0.25, 0.3) is 0 Å². The average Bonchev–Trinajstić information content (AvgIpc) is 1.98. The molecule has 0 atom stereocenters. The van der Waals surface area contributed by atoms with Crippen molar-refractivity contribution in [1.82, 2.24) is 4.72 Å². The van der Waals surface area contributed by atoms with Crippen LogP contribution < -0.4 is 4.72 Å². The van der Waals surface area contributed by atoms with Gasteiger partial charge in [0.15, 0.2) is 0 Å². The van der Waals surface area contributed by atoms with Crippen molar-refractivity contribution in [2.45, 2.75) is 40.0 Å². The van der Waals surface area contributed by atoms with Gasteiger partial charge in [0, 0.05) is 6.54 Å². The lowest BCUT2D eigenvalue weighted by Gasteiger charge is -2.06. The van der Waals surface area contributed by atoms with Gasteiger partial charge < -0.3 is 0 Å². The molecule has 0 aromatic rings. The Morgan fingerprint density at radius 3 is 2.38 bits per heavy atom. The Balaban J connectivity index is 3.53. The maximum Gasteiger partial charge on any atom is 0.211 e. The molecule has 0 spiro atoms. The number of sulfonamides is 1. The molecule has 0 saturated carbocycles. The van der Waals surface area contributed by atoms with E-state index in [4.69, 9.17) is 0 Å². The van der Waals surface area contributed by atoms with Crippen LogP contribution in [0.25, 0.3) is 0 Å². The summed E-state index contributed by atoms with van der Waals surface area (Å²) in [5, 5.41) is 0. The highest BCUT2D eigenvalue weighted by Crippen LogP contribution is 2.02. The lowest BCUT2D eigenvalue weighted by molar-refractivity contribution is 0.539. The van der Waals surface area contributed by atoms with E-state index in [1.54, 1.807) is 0 Å². The second-order valence-corrected chi connectivity index (χ2v) is 5.68.